The van der Waals surface area contributed by atoms with E-state index in [9.17, 15) is 15.0 Å². The van der Waals surface area contributed by atoms with Gasteiger partial charge in [-0.3, -0.25) is 4.79 Å². The van der Waals surface area contributed by atoms with Crippen molar-refractivity contribution >= 4 is 5.97 Å². The average Bonchev–Trinajstić information content (AvgIpc) is 2.68. The quantitative estimate of drug-likeness (QED) is 0.278. The Morgan fingerprint density at radius 3 is 1.43 bits per heavy atom. The molecule has 172 valence electrons. The molecule has 1 aromatic carbocycles. The maximum absolute atomic E-state index is 12.7. The number of benzene rings is 1. The van der Waals surface area contributed by atoms with Crippen LogP contribution in [0.25, 0.3) is 0 Å². The van der Waals surface area contributed by atoms with Gasteiger partial charge in [-0.1, -0.05) is 60.3 Å². The second-order valence-corrected chi connectivity index (χ2v) is 9.44. The summed E-state index contributed by atoms with van der Waals surface area (Å²) in [4.78, 5) is 12.7. The van der Waals surface area contributed by atoms with Crippen molar-refractivity contribution in [1.82, 2.24) is 0 Å². The van der Waals surface area contributed by atoms with Gasteiger partial charge in [-0.15, -0.1) is 0 Å². The number of carbonyl (C=O) groups is 1. The molecule has 0 saturated carbocycles. The van der Waals surface area contributed by atoms with E-state index in [-0.39, 0.29) is 5.97 Å². The molecule has 4 nitrogen and oxygen atoms in total. The van der Waals surface area contributed by atoms with E-state index < -0.39 is 16.6 Å². The SMILES string of the molecule is CCCC(O)(CCC)c1cc(OC(=O)C(C)(C)CC)cc(C(O)(CCC)CCC)c1. The summed E-state index contributed by atoms with van der Waals surface area (Å²) in [6.45, 7) is 13.9. The van der Waals surface area contributed by atoms with Crippen LogP contribution in [-0.2, 0) is 16.0 Å². The van der Waals surface area contributed by atoms with Crippen molar-refractivity contribution in [3.63, 3.8) is 0 Å². The molecule has 0 fully saturated rings. The van der Waals surface area contributed by atoms with Gasteiger partial charge >= 0.3 is 5.97 Å². The Kier molecular flexibility index (Phi) is 10.0. The molecule has 0 saturated heterocycles. The normalized spacial score (nSPS) is 12.8. The van der Waals surface area contributed by atoms with Crippen LogP contribution < -0.4 is 4.74 Å². The lowest BCUT2D eigenvalue weighted by Gasteiger charge is -2.33. The van der Waals surface area contributed by atoms with Crippen molar-refractivity contribution < 1.29 is 19.7 Å². The lowest BCUT2D eigenvalue weighted by atomic mass is 9.80. The molecule has 0 aliphatic carbocycles. The molecule has 0 aliphatic rings. The minimum atomic E-state index is -1.000. The Hall–Kier alpha value is -1.39. The van der Waals surface area contributed by atoms with E-state index in [1.807, 2.05) is 26.8 Å². The van der Waals surface area contributed by atoms with Crippen molar-refractivity contribution in [3.8, 4) is 5.75 Å². The van der Waals surface area contributed by atoms with E-state index in [1.54, 1.807) is 12.1 Å². The second-order valence-electron chi connectivity index (χ2n) is 9.44. The summed E-state index contributed by atoms with van der Waals surface area (Å²) in [6.07, 6.45) is 6.52. The summed E-state index contributed by atoms with van der Waals surface area (Å²) in [5.74, 6) is 0.113. The Morgan fingerprint density at radius 2 is 1.13 bits per heavy atom. The fourth-order valence-corrected chi connectivity index (χ4v) is 4.07. The highest BCUT2D eigenvalue weighted by Gasteiger charge is 2.34. The van der Waals surface area contributed by atoms with Crippen LogP contribution >= 0.6 is 0 Å². The van der Waals surface area contributed by atoms with E-state index in [2.05, 4.69) is 27.7 Å². The summed E-state index contributed by atoms with van der Waals surface area (Å²) >= 11 is 0. The maximum atomic E-state index is 12.7. The first kappa shape index (κ1) is 26.6. The number of hydrogen-bond acceptors (Lipinski definition) is 4. The minimum absolute atomic E-state index is 0.294. The first-order valence-corrected chi connectivity index (χ1v) is 11.8. The monoisotopic (exact) mass is 420 g/mol. The number of esters is 1. The molecule has 0 radical (unpaired) electrons. The molecule has 1 rings (SSSR count). The molecular weight excluding hydrogens is 376 g/mol. The van der Waals surface area contributed by atoms with E-state index in [0.717, 1.165) is 36.8 Å². The van der Waals surface area contributed by atoms with E-state index in [1.165, 1.54) is 0 Å². The molecule has 30 heavy (non-hydrogen) atoms. The summed E-state index contributed by atoms with van der Waals surface area (Å²) in [6, 6.07) is 5.51. The standard InChI is InChI=1S/C26H44O4/c1-8-13-25(28,14-9-2)20-17-21(26(29,15-10-3)16-11-4)19-22(18-20)30-23(27)24(6,7)12-5/h17-19,28-29H,8-16H2,1-7H3. The summed E-state index contributed by atoms with van der Waals surface area (Å²) in [5, 5.41) is 23.0. The molecule has 0 unspecified atom stereocenters. The van der Waals surface area contributed by atoms with Gasteiger partial charge in [0.15, 0.2) is 0 Å². The molecular formula is C26H44O4. The van der Waals surface area contributed by atoms with Gasteiger partial charge in [0.2, 0.25) is 0 Å². The number of carbonyl (C=O) groups excluding carboxylic acids is 1. The molecule has 0 aliphatic heterocycles. The number of rotatable bonds is 13. The summed E-state index contributed by atoms with van der Waals surface area (Å²) in [5.41, 5.74) is -1.14. The van der Waals surface area contributed by atoms with Crippen LogP contribution in [0.15, 0.2) is 18.2 Å². The van der Waals surface area contributed by atoms with Gasteiger partial charge in [-0.05, 0) is 75.3 Å². The third-order valence-electron chi connectivity index (χ3n) is 6.28. The molecule has 0 spiro atoms. The van der Waals surface area contributed by atoms with E-state index in [4.69, 9.17) is 4.74 Å². The molecule has 1 aromatic rings. The molecule has 0 bridgehead atoms. The predicted octanol–water partition coefficient (Wildman–Crippen LogP) is 6.60. The molecule has 0 amide bonds. The zero-order chi connectivity index (χ0) is 23.0. The minimum Gasteiger partial charge on any atom is -0.426 e. The Bertz CT molecular complexity index is 625. The Morgan fingerprint density at radius 1 is 0.767 bits per heavy atom. The van der Waals surface area contributed by atoms with Crippen molar-refractivity contribution in [2.75, 3.05) is 0 Å². The van der Waals surface area contributed by atoms with Gasteiger partial charge in [-0.2, -0.15) is 0 Å². The molecule has 2 N–H and O–H groups in total. The third kappa shape index (κ3) is 6.55. The Labute approximate surface area is 184 Å². The number of aliphatic hydroxyl groups is 2. The van der Waals surface area contributed by atoms with Crippen molar-refractivity contribution in [2.45, 2.75) is 117 Å². The van der Waals surface area contributed by atoms with E-state index in [0.29, 0.717) is 37.9 Å². The van der Waals surface area contributed by atoms with Crippen molar-refractivity contribution in [2.24, 2.45) is 5.41 Å². The van der Waals surface area contributed by atoms with Crippen LogP contribution in [0.1, 0.15) is 117 Å². The van der Waals surface area contributed by atoms with Gasteiger partial charge in [0.25, 0.3) is 0 Å². The molecule has 4 heteroatoms. The average molecular weight is 421 g/mol. The van der Waals surface area contributed by atoms with Gasteiger partial charge in [0.05, 0.1) is 16.6 Å². The highest BCUT2D eigenvalue weighted by Crippen LogP contribution is 2.40. The van der Waals surface area contributed by atoms with Crippen LogP contribution in [-0.4, -0.2) is 16.2 Å². The highest BCUT2D eigenvalue weighted by molar-refractivity contribution is 5.78. The first-order chi connectivity index (χ1) is 14.0. The first-order valence-electron chi connectivity index (χ1n) is 11.8. The zero-order valence-corrected chi connectivity index (χ0v) is 20.3. The smallest absolute Gasteiger partial charge is 0.316 e. The van der Waals surface area contributed by atoms with Gasteiger partial charge < -0.3 is 14.9 Å². The maximum Gasteiger partial charge on any atom is 0.316 e. The zero-order valence-electron chi connectivity index (χ0n) is 20.3. The van der Waals surface area contributed by atoms with Gasteiger partial charge in [0.1, 0.15) is 5.75 Å². The predicted molar refractivity (Wildman–Crippen MR) is 124 cm³/mol. The lowest BCUT2D eigenvalue weighted by Crippen LogP contribution is -2.31. The van der Waals surface area contributed by atoms with Crippen LogP contribution in [0.4, 0.5) is 0 Å². The van der Waals surface area contributed by atoms with E-state index >= 15 is 0 Å². The fourth-order valence-electron chi connectivity index (χ4n) is 4.07. The van der Waals surface area contributed by atoms with Crippen LogP contribution in [0.5, 0.6) is 5.75 Å². The molecule has 0 heterocycles. The lowest BCUT2D eigenvalue weighted by molar-refractivity contribution is -0.144. The summed E-state index contributed by atoms with van der Waals surface area (Å²) < 4.78 is 5.79. The molecule has 0 aromatic heterocycles. The number of ether oxygens (including phenoxy) is 1. The van der Waals surface area contributed by atoms with Crippen molar-refractivity contribution in [1.29, 1.82) is 0 Å². The third-order valence-corrected chi connectivity index (χ3v) is 6.28. The fraction of sp³-hybridized carbons (Fsp3) is 0.731. The molecule has 0 atom stereocenters. The summed E-state index contributed by atoms with van der Waals surface area (Å²) in [7, 11) is 0. The second kappa shape index (κ2) is 11.3. The van der Waals surface area contributed by atoms with Crippen LogP contribution in [0.3, 0.4) is 0 Å². The largest absolute Gasteiger partial charge is 0.426 e. The van der Waals surface area contributed by atoms with Gasteiger partial charge in [0, 0.05) is 0 Å². The van der Waals surface area contributed by atoms with Gasteiger partial charge in [-0.25, -0.2) is 0 Å². The topological polar surface area (TPSA) is 66.8 Å². The Balaban J connectivity index is 3.59. The highest BCUT2D eigenvalue weighted by atomic mass is 16.5. The number of hydrogen-bond donors (Lipinski definition) is 2. The van der Waals surface area contributed by atoms with Crippen LogP contribution in [0.2, 0.25) is 0 Å². The van der Waals surface area contributed by atoms with Crippen molar-refractivity contribution in [3.05, 3.63) is 29.3 Å². The van der Waals surface area contributed by atoms with Crippen LogP contribution in [0, 0.1) is 5.41 Å².